The second-order valence-corrected chi connectivity index (χ2v) is 14.9. The lowest BCUT2D eigenvalue weighted by molar-refractivity contribution is -0.209. The average Bonchev–Trinajstić information content (AvgIpc) is 3.12. The summed E-state index contributed by atoms with van der Waals surface area (Å²) in [6.45, 7) is 11.8. The minimum atomic E-state index is -4.99. The first kappa shape index (κ1) is 28.8. The number of hydrogen-bond donors (Lipinski definition) is 0. The van der Waals surface area contributed by atoms with Crippen molar-refractivity contribution >= 4 is 29.2 Å². The van der Waals surface area contributed by atoms with Gasteiger partial charge in [0, 0.05) is 6.42 Å². The minimum absolute atomic E-state index is 0.196. The van der Waals surface area contributed by atoms with E-state index in [1.807, 2.05) is 0 Å². The van der Waals surface area contributed by atoms with Crippen molar-refractivity contribution < 1.29 is 22.7 Å². The van der Waals surface area contributed by atoms with Gasteiger partial charge in [-0.2, -0.15) is 13.2 Å². The predicted molar refractivity (Wildman–Crippen MR) is 139 cm³/mol. The molecule has 4 rings (SSSR count). The van der Waals surface area contributed by atoms with Crippen molar-refractivity contribution in [1.82, 2.24) is 0 Å². The van der Waals surface area contributed by atoms with Crippen LogP contribution < -0.4 is 0 Å². The molecule has 0 N–H and O–H groups in total. The average molecular weight is 554 g/mol. The Bertz CT molecular complexity index is 819. The molecule has 36 heavy (non-hydrogen) atoms. The van der Waals surface area contributed by atoms with Crippen LogP contribution in [0.15, 0.2) is 0 Å². The molecule has 4 aliphatic rings. The van der Waals surface area contributed by atoms with E-state index in [0.29, 0.717) is 36.0 Å². The van der Waals surface area contributed by atoms with Crippen molar-refractivity contribution in [2.75, 3.05) is 0 Å². The van der Waals surface area contributed by atoms with E-state index in [9.17, 15) is 18.0 Å². The Hall–Kier alpha value is -0.160. The molecule has 0 bridgehead atoms. The zero-order chi connectivity index (χ0) is 26.7. The van der Waals surface area contributed by atoms with E-state index in [1.54, 1.807) is 0 Å². The maximum atomic E-state index is 12.8. The van der Waals surface area contributed by atoms with Gasteiger partial charge in [0.2, 0.25) is 0 Å². The first-order valence-corrected chi connectivity index (χ1v) is 15.1. The van der Waals surface area contributed by atoms with E-state index < -0.39 is 23.1 Å². The molecule has 4 aliphatic carbocycles. The lowest BCUT2D eigenvalue weighted by Gasteiger charge is -2.65. The molecule has 0 aromatic carbocycles. The Morgan fingerprint density at radius 1 is 1.03 bits per heavy atom. The highest BCUT2D eigenvalue weighted by molar-refractivity contribution is 6.33. The lowest BCUT2D eigenvalue weighted by atomic mass is 9.44. The van der Waals surface area contributed by atoms with E-state index in [4.69, 9.17) is 27.9 Å². The summed E-state index contributed by atoms with van der Waals surface area (Å²) in [4.78, 5) is 10.6. The highest BCUT2D eigenvalue weighted by Gasteiger charge is 2.67. The van der Waals surface area contributed by atoms with Crippen molar-refractivity contribution in [2.45, 2.75) is 128 Å². The van der Waals surface area contributed by atoms with Gasteiger partial charge in [-0.3, -0.25) is 0 Å². The molecule has 0 radical (unpaired) electrons. The number of rotatable bonds is 6. The van der Waals surface area contributed by atoms with Crippen LogP contribution >= 0.6 is 23.2 Å². The van der Waals surface area contributed by atoms with E-state index in [0.717, 1.165) is 30.6 Å². The third kappa shape index (κ3) is 4.84. The Morgan fingerprint density at radius 3 is 2.36 bits per heavy atom. The first-order valence-electron chi connectivity index (χ1n) is 14.2. The Morgan fingerprint density at radius 2 is 1.72 bits per heavy atom. The van der Waals surface area contributed by atoms with Gasteiger partial charge in [-0.1, -0.05) is 53.9 Å². The molecule has 0 aromatic heterocycles. The number of halogens is 5. The molecule has 2 nitrogen and oxygen atoms in total. The van der Waals surface area contributed by atoms with Crippen molar-refractivity contribution in [2.24, 2.45) is 46.3 Å². The maximum Gasteiger partial charge on any atom is 0.490 e. The monoisotopic (exact) mass is 552 g/mol. The van der Waals surface area contributed by atoms with Crippen LogP contribution in [-0.4, -0.2) is 28.5 Å². The smallest absolute Gasteiger partial charge is 0.456 e. The normalized spacial score (nSPS) is 45.5. The fourth-order valence-electron chi connectivity index (χ4n) is 9.49. The molecule has 3 unspecified atom stereocenters. The van der Waals surface area contributed by atoms with Crippen molar-refractivity contribution in [3.8, 4) is 0 Å². The van der Waals surface area contributed by atoms with Gasteiger partial charge in [0.1, 0.15) is 6.10 Å². The van der Waals surface area contributed by atoms with Gasteiger partial charge >= 0.3 is 12.1 Å². The third-order valence-electron chi connectivity index (χ3n) is 11.4. The van der Waals surface area contributed by atoms with Gasteiger partial charge in [-0.05, 0) is 91.3 Å². The van der Waals surface area contributed by atoms with E-state index in [-0.39, 0.29) is 17.2 Å². The summed E-state index contributed by atoms with van der Waals surface area (Å²) in [5, 5.41) is -0.345. The van der Waals surface area contributed by atoms with Crippen LogP contribution in [0, 0.1) is 46.3 Å². The minimum Gasteiger partial charge on any atom is -0.456 e. The van der Waals surface area contributed by atoms with Gasteiger partial charge in [0.25, 0.3) is 0 Å². The molecule has 0 heterocycles. The van der Waals surface area contributed by atoms with E-state index >= 15 is 0 Å². The molecule has 0 spiro atoms. The van der Waals surface area contributed by atoms with Gasteiger partial charge in [0.15, 0.2) is 0 Å². The summed E-state index contributed by atoms with van der Waals surface area (Å²) in [5.41, 5.74) is 0.0600. The number of ether oxygens (including phenoxy) is 1. The van der Waals surface area contributed by atoms with Crippen molar-refractivity contribution in [3.63, 3.8) is 0 Å². The summed E-state index contributed by atoms with van der Waals surface area (Å²) in [5.74, 6) is 1.66. The Labute approximate surface area is 225 Å². The van der Waals surface area contributed by atoms with E-state index in [1.165, 1.54) is 38.5 Å². The largest absolute Gasteiger partial charge is 0.490 e. The number of fused-ring (bicyclic) bond motifs is 5. The Kier molecular flexibility index (Phi) is 8.09. The molecule has 0 amide bonds. The summed E-state index contributed by atoms with van der Waals surface area (Å²) in [6.07, 6.45) is 4.98. The fraction of sp³-hybridized carbons (Fsp3) is 0.966. The molecule has 0 saturated heterocycles. The van der Waals surface area contributed by atoms with Crippen molar-refractivity contribution in [1.29, 1.82) is 0 Å². The summed E-state index contributed by atoms with van der Waals surface area (Å²) < 4.78 is 43.3. The number of esters is 1. The molecule has 0 aromatic rings. The molecular weight excluding hydrogens is 508 g/mol. The molecule has 7 heteroatoms. The molecular formula is C29H45Cl2F3O2. The third-order valence-corrected chi connectivity index (χ3v) is 12.9. The maximum absolute atomic E-state index is 12.8. The van der Waals surface area contributed by atoms with Gasteiger partial charge < -0.3 is 4.74 Å². The number of alkyl halides is 5. The highest BCUT2D eigenvalue weighted by Crippen LogP contribution is 2.71. The zero-order valence-electron chi connectivity index (χ0n) is 22.6. The summed E-state index contributed by atoms with van der Waals surface area (Å²) in [7, 11) is 0. The first-order chi connectivity index (χ1) is 16.6. The van der Waals surface area contributed by atoms with Crippen LogP contribution in [0.5, 0.6) is 0 Å². The molecule has 208 valence electrons. The lowest BCUT2D eigenvalue weighted by Crippen LogP contribution is -2.65. The number of hydrogen-bond acceptors (Lipinski definition) is 2. The summed E-state index contributed by atoms with van der Waals surface area (Å²) >= 11 is 14.4. The van der Waals surface area contributed by atoms with Crippen LogP contribution in [0.25, 0.3) is 0 Å². The SMILES string of the molecule is CC(C)CCC[C@@H](C)[C@H]1CC[C@H]2[C@@H]3CC(Cl)C4(Cl)CC(OC(=O)C(F)(F)F)CC[C@]4(C)[C@H]3CC[C@]12C. The fourth-order valence-corrected chi connectivity index (χ4v) is 10.5. The second-order valence-electron chi connectivity index (χ2n) is 13.7. The van der Waals surface area contributed by atoms with Gasteiger partial charge in [-0.25, -0.2) is 4.79 Å². The van der Waals surface area contributed by atoms with Crippen LogP contribution in [0.3, 0.4) is 0 Å². The van der Waals surface area contributed by atoms with Crippen LogP contribution in [0.1, 0.15) is 105 Å². The number of carbonyl (C=O) groups is 1. The van der Waals surface area contributed by atoms with Crippen molar-refractivity contribution in [3.05, 3.63) is 0 Å². The van der Waals surface area contributed by atoms with Crippen LogP contribution in [-0.2, 0) is 9.53 Å². The number of carbonyl (C=O) groups excluding carboxylic acids is 1. The van der Waals surface area contributed by atoms with E-state index in [2.05, 4.69) is 34.6 Å². The molecule has 4 fully saturated rings. The highest BCUT2D eigenvalue weighted by atomic mass is 35.5. The molecule has 10 atom stereocenters. The zero-order valence-corrected chi connectivity index (χ0v) is 24.1. The van der Waals surface area contributed by atoms with Crippen LogP contribution in [0.2, 0.25) is 0 Å². The molecule has 4 saturated carbocycles. The van der Waals surface area contributed by atoms with Crippen LogP contribution in [0.4, 0.5) is 13.2 Å². The second kappa shape index (κ2) is 10.1. The predicted octanol–water partition coefficient (Wildman–Crippen LogP) is 9.16. The Balaban J connectivity index is 1.49. The summed E-state index contributed by atoms with van der Waals surface area (Å²) in [6, 6.07) is 0. The quantitative estimate of drug-likeness (QED) is 0.242. The molecule has 0 aliphatic heterocycles. The standard InChI is InChI=1S/C29H45Cl2F3O2/c1-17(2)7-6-8-18(3)21-9-10-22-20-15-24(30)28(31)16-19(36-25(35)29(32,33)34)11-14-27(28,5)23(20)12-13-26(21,22)4/h17-24H,6-16H2,1-5H3/t18-,19?,20+,21-,22+,23+,24?,26-,27-,28?/m1/s1. The van der Waals surface area contributed by atoms with Gasteiger partial charge in [-0.15, -0.1) is 23.2 Å². The topological polar surface area (TPSA) is 26.3 Å². The van der Waals surface area contributed by atoms with Gasteiger partial charge in [0.05, 0.1) is 10.3 Å².